The van der Waals surface area contributed by atoms with Crippen molar-refractivity contribution in [3.05, 3.63) is 50.1 Å². The molecule has 0 spiro atoms. The summed E-state index contributed by atoms with van der Waals surface area (Å²) < 4.78 is 0. The zero-order chi connectivity index (χ0) is 27.1. The SMILES string of the molecule is O=C(CSc1cc(Cl)c(Cl)cc1Cl)N[C@@H]1C(=O)N2C(C(=O)O)=C(/C=C3\CCN([C@H]4CCNC4)C3=O)CS[C@H]12. The number of carboxylic acid groups (broad SMARTS) is 1. The van der Waals surface area contributed by atoms with Crippen LogP contribution in [-0.4, -0.2) is 87.2 Å². The van der Waals surface area contributed by atoms with Crippen LogP contribution < -0.4 is 10.6 Å². The van der Waals surface area contributed by atoms with Gasteiger partial charge in [0.05, 0.1) is 20.8 Å². The average molecular weight is 618 g/mol. The maximum atomic E-state index is 13.0. The summed E-state index contributed by atoms with van der Waals surface area (Å²) in [4.78, 5) is 54.3. The Morgan fingerprint density at radius 2 is 1.97 bits per heavy atom. The molecule has 0 bridgehead atoms. The zero-order valence-corrected chi connectivity index (χ0v) is 23.7. The Morgan fingerprint density at radius 1 is 1.21 bits per heavy atom. The lowest BCUT2D eigenvalue weighted by Crippen LogP contribution is -2.70. The first kappa shape index (κ1) is 27.7. The van der Waals surface area contributed by atoms with Crippen LogP contribution in [0.3, 0.4) is 0 Å². The van der Waals surface area contributed by atoms with Crippen molar-refractivity contribution in [2.24, 2.45) is 0 Å². The van der Waals surface area contributed by atoms with Gasteiger partial charge in [-0.1, -0.05) is 34.8 Å². The van der Waals surface area contributed by atoms with Crippen LogP contribution >= 0.6 is 58.3 Å². The van der Waals surface area contributed by atoms with Crippen LogP contribution in [0.2, 0.25) is 15.1 Å². The minimum atomic E-state index is -1.24. The van der Waals surface area contributed by atoms with Crippen molar-refractivity contribution < 1.29 is 24.3 Å². The number of fused-ring (bicyclic) bond motifs is 1. The second kappa shape index (κ2) is 11.3. The fraction of sp³-hybridized carbons (Fsp3) is 0.417. The van der Waals surface area contributed by atoms with Gasteiger partial charge in [0.1, 0.15) is 17.1 Å². The number of nitrogens with one attached hydrogen (secondary N) is 2. The number of likely N-dealkylation sites (tertiary alicyclic amines) is 1. The Bertz CT molecular complexity index is 1280. The molecule has 4 aliphatic rings. The number of halogens is 3. The topological polar surface area (TPSA) is 119 Å². The summed E-state index contributed by atoms with van der Waals surface area (Å²) in [5, 5.41) is 16.3. The number of rotatable bonds is 7. The normalized spacial score (nSPS) is 26.2. The number of carbonyl (C=O) groups excluding carboxylic acids is 3. The van der Waals surface area contributed by atoms with Gasteiger partial charge in [0.2, 0.25) is 11.8 Å². The number of carbonyl (C=O) groups is 4. The Kier molecular flexibility index (Phi) is 8.23. The first-order valence-electron chi connectivity index (χ1n) is 11.9. The number of thioether (sulfide) groups is 2. The standard InChI is InChI=1S/C24H23Cl3N4O5S2/c25-14-6-16(27)17(7-15(14)26)37-10-18(32)29-19-22(34)31-20(24(35)36)12(9-38-23(19)31)5-11-2-4-30(21(11)33)13-1-3-28-8-13/h5-7,13,19,23,28H,1-4,8-10H2,(H,29,32)(H,35,36)/b11-5+/t13-,19+,23+/m0/s1. The van der Waals surface area contributed by atoms with Crippen molar-refractivity contribution in [3.63, 3.8) is 0 Å². The minimum absolute atomic E-state index is 0.0209. The quantitative estimate of drug-likeness (QED) is 0.185. The molecule has 3 fully saturated rings. The zero-order valence-electron chi connectivity index (χ0n) is 19.8. The third-order valence-electron chi connectivity index (χ3n) is 6.83. The van der Waals surface area contributed by atoms with Gasteiger partial charge in [-0.2, -0.15) is 0 Å². The van der Waals surface area contributed by atoms with Gasteiger partial charge in [-0.05, 0) is 43.2 Å². The van der Waals surface area contributed by atoms with E-state index in [4.69, 9.17) is 34.8 Å². The molecule has 0 saturated carbocycles. The average Bonchev–Trinajstić information content (AvgIpc) is 3.53. The summed E-state index contributed by atoms with van der Waals surface area (Å²) in [5.41, 5.74) is 0.847. The van der Waals surface area contributed by atoms with E-state index in [-0.39, 0.29) is 23.4 Å². The maximum Gasteiger partial charge on any atom is 0.352 e. The monoisotopic (exact) mass is 616 g/mol. The van der Waals surface area contributed by atoms with Crippen molar-refractivity contribution in [2.45, 2.75) is 35.2 Å². The van der Waals surface area contributed by atoms with Crippen LogP contribution in [0.25, 0.3) is 0 Å². The highest BCUT2D eigenvalue weighted by atomic mass is 35.5. The van der Waals surface area contributed by atoms with E-state index in [1.165, 1.54) is 22.7 Å². The van der Waals surface area contributed by atoms with E-state index in [0.717, 1.165) is 31.3 Å². The Labute approximate surface area is 242 Å². The molecular weight excluding hydrogens is 595 g/mol. The molecule has 5 rings (SSSR count). The van der Waals surface area contributed by atoms with E-state index in [0.29, 0.717) is 49.8 Å². The van der Waals surface area contributed by atoms with Gasteiger partial charge in [-0.15, -0.1) is 23.5 Å². The molecule has 0 aliphatic carbocycles. The van der Waals surface area contributed by atoms with Gasteiger partial charge >= 0.3 is 5.97 Å². The van der Waals surface area contributed by atoms with Gasteiger partial charge < -0.3 is 20.6 Å². The van der Waals surface area contributed by atoms with Crippen molar-refractivity contribution in [2.75, 3.05) is 31.1 Å². The summed E-state index contributed by atoms with van der Waals surface area (Å²) in [7, 11) is 0. The lowest BCUT2D eigenvalue weighted by Gasteiger charge is -2.49. The van der Waals surface area contributed by atoms with Gasteiger partial charge in [0.25, 0.3) is 5.91 Å². The third-order valence-corrected chi connectivity index (χ3v) is 10.3. The van der Waals surface area contributed by atoms with Crippen molar-refractivity contribution in [1.82, 2.24) is 20.4 Å². The van der Waals surface area contributed by atoms with Gasteiger partial charge in [0.15, 0.2) is 0 Å². The van der Waals surface area contributed by atoms with E-state index in [1.807, 2.05) is 4.90 Å². The van der Waals surface area contributed by atoms with Crippen LogP contribution in [0.4, 0.5) is 0 Å². The van der Waals surface area contributed by atoms with Crippen molar-refractivity contribution in [3.8, 4) is 0 Å². The summed E-state index contributed by atoms with van der Waals surface area (Å²) in [6, 6.07) is 2.36. The van der Waals surface area contributed by atoms with Gasteiger partial charge in [0, 0.05) is 35.4 Å². The molecule has 0 aromatic heterocycles. The molecule has 9 nitrogen and oxygen atoms in total. The predicted molar refractivity (Wildman–Crippen MR) is 148 cm³/mol. The number of amides is 3. The van der Waals surface area contributed by atoms with Crippen LogP contribution in [-0.2, 0) is 19.2 Å². The minimum Gasteiger partial charge on any atom is -0.477 e. The molecule has 38 heavy (non-hydrogen) atoms. The molecule has 3 amide bonds. The summed E-state index contributed by atoms with van der Waals surface area (Å²) in [5.74, 6) is -1.94. The number of β-lactam (4-membered cyclic amide) rings is 1. The second-order valence-corrected chi connectivity index (χ2v) is 12.5. The lowest BCUT2D eigenvalue weighted by atomic mass is 10.0. The maximum absolute atomic E-state index is 13.0. The van der Waals surface area contributed by atoms with E-state index in [2.05, 4.69) is 10.6 Å². The number of nitrogens with zero attached hydrogens (tertiary/aromatic N) is 2. The third kappa shape index (κ3) is 5.29. The number of carboxylic acids is 1. The Balaban J connectivity index is 1.25. The Morgan fingerprint density at radius 3 is 2.68 bits per heavy atom. The van der Waals surface area contributed by atoms with E-state index in [9.17, 15) is 24.3 Å². The summed E-state index contributed by atoms with van der Waals surface area (Å²) in [6.45, 7) is 2.23. The van der Waals surface area contributed by atoms with E-state index >= 15 is 0 Å². The highest BCUT2D eigenvalue weighted by molar-refractivity contribution is 8.00. The molecule has 202 valence electrons. The van der Waals surface area contributed by atoms with Crippen molar-refractivity contribution >= 4 is 82.0 Å². The number of aliphatic carboxylic acids is 1. The lowest BCUT2D eigenvalue weighted by molar-refractivity contribution is -0.150. The second-order valence-electron chi connectivity index (χ2n) is 9.18. The molecule has 0 radical (unpaired) electrons. The van der Waals surface area contributed by atoms with E-state index < -0.39 is 29.2 Å². The van der Waals surface area contributed by atoms with Crippen molar-refractivity contribution in [1.29, 1.82) is 0 Å². The van der Waals surface area contributed by atoms with E-state index in [1.54, 1.807) is 12.1 Å². The molecule has 4 heterocycles. The molecule has 3 saturated heterocycles. The highest BCUT2D eigenvalue weighted by Gasteiger charge is 2.54. The van der Waals surface area contributed by atoms with Gasteiger partial charge in [-0.3, -0.25) is 19.3 Å². The van der Waals surface area contributed by atoms with Crippen LogP contribution in [0.15, 0.2) is 39.9 Å². The van der Waals surface area contributed by atoms with Crippen LogP contribution in [0.1, 0.15) is 12.8 Å². The molecule has 1 aromatic rings. The largest absolute Gasteiger partial charge is 0.477 e. The molecule has 4 aliphatic heterocycles. The van der Waals surface area contributed by atoms with Crippen LogP contribution in [0.5, 0.6) is 0 Å². The van der Waals surface area contributed by atoms with Crippen LogP contribution in [0, 0.1) is 0 Å². The molecule has 3 N–H and O–H groups in total. The first-order valence-corrected chi connectivity index (χ1v) is 15.0. The number of hydrogen-bond acceptors (Lipinski definition) is 7. The predicted octanol–water partition coefficient (Wildman–Crippen LogP) is 3.00. The highest BCUT2D eigenvalue weighted by Crippen LogP contribution is 2.41. The molecule has 1 aromatic carbocycles. The first-order chi connectivity index (χ1) is 18.2. The number of allylic oxidation sites excluding steroid dienone is 1. The fourth-order valence-electron chi connectivity index (χ4n) is 4.96. The number of benzene rings is 1. The number of hydrogen-bond donors (Lipinski definition) is 3. The molecule has 14 heteroatoms. The smallest absolute Gasteiger partial charge is 0.352 e. The molecule has 0 unspecified atom stereocenters. The molecular formula is C24H23Cl3N4O5S2. The molecule has 3 atom stereocenters. The fourth-order valence-corrected chi connectivity index (χ4v) is 7.81. The van der Waals surface area contributed by atoms with Gasteiger partial charge in [-0.25, -0.2) is 4.79 Å². The summed E-state index contributed by atoms with van der Waals surface area (Å²) >= 11 is 20.6. The summed E-state index contributed by atoms with van der Waals surface area (Å²) in [6.07, 6.45) is 3.06. The Hall–Kier alpha value is -1.89.